The quantitative estimate of drug-likeness (QED) is 0.540. The number of aliphatic hydroxyl groups is 1. The molecule has 3 N–H and O–H groups in total. The molecule has 1 aliphatic rings. The molecule has 0 radical (unpaired) electrons. The van der Waals surface area contributed by atoms with E-state index in [1.54, 1.807) is 42.6 Å². The highest BCUT2D eigenvalue weighted by molar-refractivity contribution is 7.92. The summed E-state index contributed by atoms with van der Waals surface area (Å²) in [5.74, 6) is 0.167. The minimum atomic E-state index is -3.37. The highest BCUT2D eigenvalue weighted by Gasteiger charge is 2.33. The molecule has 3 aromatic rings. The van der Waals surface area contributed by atoms with Crippen molar-refractivity contribution < 1.29 is 18.3 Å². The van der Waals surface area contributed by atoms with Crippen molar-refractivity contribution in [3.63, 3.8) is 0 Å². The third-order valence-corrected chi connectivity index (χ3v) is 6.41. The molecule has 0 amide bonds. The molecule has 7 nitrogen and oxygen atoms in total. The molecule has 8 heteroatoms. The van der Waals surface area contributed by atoms with Crippen molar-refractivity contribution in [3.8, 4) is 16.9 Å². The molecule has 0 fully saturated rings. The standard InChI is InChI=1S/C25H28N2O5S/c1-25(2,3)17-12-16-13-20(15-7-9-18(10-8-15)27-33(4,30)31)24(29)32-22(16)21(14-17)19-6-5-11-26-23(19)28/h5-12,14,20,24,27,29H,13H2,1-4H3,(H,26,28). The van der Waals surface area contributed by atoms with Crippen LogP contribution in [0.15, 0.2) is 59.5 Å². The Bertz CT molecular complexity index is 1340. The zero-order chi connectivity index (χ0) is 24.0. The Balaban J connectivity index is 1.77. The summed E-state index contributed by atoms with van der Waals surface area (Å²) in [6.07, 6.45) is 2.07. The number of pyridine rings is 1. The maximum absolute atomic E-state index is 12.5. The van der Waals surface area contributed by atoms with E-state index in [1.807, 2.05) is 6.07 Å². The van der Waals surface area contributed by atoms with Crippen LogP contribution >= 0.6 is 0 Å². The van der Waals surface area contributed by atoms with Gasteiger partial charge in [-0.25, -0.2) is 8.42 Å². The number of sulfonamides is 1. The smallest absolute Gasteiger partial charge is 0.255 e. The van der Waals surface area contributed by atoms with Crippen molar-refractivity contribution in [1.82, 2.24) is 4.98 Å². The largest absolute Gasteiger partial charge is 0.464 e. The lowest BCUT2D eigenvalue weighted by Gasteiger charge is -2.33. The Hall–Kier alpha value is -3.10. The molecule has 2 atom stereocenters. The first-order valence-corrected chi connectivity index (χ1v) is 12.6. The summed E-state index contributed by atoms with van der Waals surface area (Å²) in [5, 5.41) is 10.9. The lowest BCUT2D eigenvalue weighted by molar-refractivity contribution is -0.0476. The van der Waals surface area contributed by atoms with Crippen LogP contribution in [0.1, 0.15) is 43.4 Å². The molecule has 0 bridgehead atoms. The van der Waals surface area contributed by atoms with Crippen LogP contribution in [0.5, 0.6) is 5.75 Å². The van der Waals surface area contributed by atoms with Gasteiger partial charge in [0, 0.05) is 17.4 Å². The number of aromatic amines is 1. The van der Waals surface area contributed by atoms with Crippen LogP contribution < -0.4 is 15.0 Å². The summed E-state index contributed by atoms with van der Waals surface area (Å²) in [5.41, 5.74) is 4.02. The second kappa shape index (κ2) is 8.35. The van der Waals surface area contributed by atoms with Gasteiger partial charge >= 0.3 is 0 Å². The van der Waals surface area contributed by atoms with Crippen molar-refractivity contribution in [3.05, 3.63) is 81.8 Å². The van der Waals surface area contributed by atoms with Crippen molar-refractivity contribution in [2.45, 2.75) is 44.8 Å². The van der Waals surface area contributed by atoms with Crippen molar-refractivity contribution >= 4 is 15.7 Å². The second-order valence-electron chi connectivity index (χ2n) is 9.49. The number of ether oxygens (including phenoxy) is 1. The number of aliphatic hydroxyl groups excluding tert-OH is 1. The predicted molar refractivity (Wildman–Crippen MR) is 129 cm³/mol. The van der Waals surface area contributed by atoms with Crippen LogP contribution in [0.4, 0.5) is 5.69 Å². The fourth-order valence-corrected chi connectivity index (χ4v) is 4.65. The normalized spacial score (nSPS) is 18.3. The molecule has 1 aliphatic heterocycles. The maximum atomic E-state index is 12.5. The van der Waals surface area contributed by atoms with Crippen LogP contribution in [-0.4, -0.2) is 31.1 Å². The first-order chi connectivity index (χ1) is 15.4. The van der Waals surface area contributed by atoms with Crippen LogP contribution in [0.25, 0.3) is 11.1 Å². The van der Waals surface area contributed by atoms with E-state index in [0.29, 0.717) is 29.0 Å². The van der Waals surface area contributed by atoms with E-state index in [4.69, 9.17) is 4.74 Å². The number of H-pyrrole nitrogens is 1. The van der Waals surface area contributed by atoms with Gasteiger partial charge in [-0.1, -0.05) is 39.0 Å². The number of rotatable bonds is 4. The lowest BCUT2D eigenvalue weighted by Crippen LogP contribution is -2.32. The first kappa shape index (κ1) is 23.1. The number of hydrogen-bond donors (Lipinski definition) is 3. The average molecular weight is 469 g/mol. The van der Waals surface area contributed by atoms with E-state index in [2.05, 4.69) is 36.5 Å². The molecular weight excluding hydrogens is 440 g/mol. The van der Waals surface area contributed by atoms with Crippen molar-refractivity contribution in [1.29, 1.82) is 0 Å². The van der Waals surface area contributed by atoms with Crippen LogP contribution in [0.2, 0.25) is 0 Å². The van der Waals surface area contributed by atoms with E-state index in [0.717, 1.165) is 22.9 Å². The third-order valence-electron chi connectivity index (χ3n) is 5.80. The minimum absolute atomic E-state index is 0.157. The molecule has 2 unspecified atom stereocenters. The summed E-state index contributed by atoms with van der Waals surface area (Å²) in [7, 11) is -3.37. The molecule has 0 aliphatic carbocycles. The Labute approximate surface area is 193 Å². The Kier molecular flexibility index (Phi) is 5.84. The minimum Gasteiger partial charge on any atom is -0.464 e. The molecule has 2 aromatic carbocycles. The summed E-state index contributed by atoms with van der Waals surface area (Å²) in [6, 6.07) is 14.4. The van der Waals surface area contributed by atoms with Gasteiger partial charge in [0.15, 0.2) is 0 Å². The molecule has 0 saturated carbocycles. The number of fused-ring (bicyclic) bond motifs is 1. The highest BCUT2D eigenvalue weighted by atomic mass is 32.2. The number of benzene rings is 2. The zero-order valence-electron chi connectivity index (χ0n) is 19.0. The molecule has 0 spiro atoms. The van der Waals surface area contributed by atoms with Gasteiger partial charge < -0.3 is 14.8 Å². The Morgan fingerprint density at radius 3 is 2.39 bits per heavy atom. The molecule has 0 saturated heterocycles. The third kappa shape index (κ3) is 4.96. The second-order valence-corrected chi connectivity index (χ2v) is 11.2. The molecule has 2 heterocycles. The number of nitrogens with one attached hydrogen (secondary N) is 2. The Morgan fingerprint density at radius 1 is 1.09 bits per heavy atom. The SMILES string of the molecule is CC(C)(C)c1cc2c(c(-c3ccc[nH]c3=O)c1)OC(O)C(c1ccc(NS(C)(=O)=O)cc1)C2. The topological polar surface area (TPSA) is 108 Å². The highest BCUT2D eigenvalue weighted by Crippen LogP contribution is 2.43. The van der Waals surface area contributed by atoms with Crippen LogP contribution in [0.3, 0.4) is 0 Å². The van der Waals surface area contributed by atoms with E-state index in [1.165, 1.54) is 0 Å². The summed E-state index contributed by atoms with van der Waals surface area (Å²) in [6.45, 7) is 6.33. The van der Waals surface area contributed by atoms with Crippen molar-refractivity contribution in [2.24, 2.45) is 0 Å². The number of hydrogen-bond acceptors (Lipinski definition) is 5. The molecule has 1 aromatic heterocycles. The predicted octanol–water partition coefficient (Wildman–Crippen LogP) is 3.75. The fraction of sp³-hybridized carbons (Fsp3) is 0.320. The molecule has 33 heavy (non-hydrogen) atoms. The van der Waals surface area contributed by atoms with Crippen LogP contribution in [0, 0.1) is 0 Å². The lowest BCUT2D eigenvalue weighted by atomic mass is 9.80. The van der Waals surface area contributed by atoms with Gasteiger partial charge in [-0.05, 0) is 58.9 Å². The molecular formula is C25H28N2O5S. The average Bonchev–Trinajstić information content (AvgIpc) is 2.72. The summed E-state index contributed by atoms with van der Waals surface area (Å²) < 4.78 is 31.4. The molecule has 4 rings (SSSR count). The van der Waals surface area contributed by atoms with Gasteiger partial charge in [0.25, 0.3) is 5.56 Å². The Morgan fingerprint density at radius 2 is 1.79 bits per heavy atom. The van der Waals surface area contributed by atoms with Gasteiger partial charge in [0.1, 0.15) is 5.75 Å². The van der Waals surface area contributed by atoms with Gasteiger partial charge in [0.2, 0.25) is 16.3 Å². The van der Waals surface area contributed by atoms with Gasteiger partial charge in [-0.15, -0.1) is 0 Å². The van der Waals surface area contributed by atoms with Gasteiger partial charge in [-0.2, -0.15) is 0 Å². The van der Waals surface area contributed by atoms with Crippen molar-refractivity contribution in [2.75, 3.05) is 11.0 Å². The molecule has 174 valence electrons. The van der Waals surface area contributed by atoms with E-state index < -0.39 is 16.3 Å². The maximum Gasteiger partial charge on any atom is 0.255 e. The first-order valence-electron chi connectivity index (χ1n) is 10.7. The summed E-state index contributed by atoms with van der Waals surface area (Å²) in [4.78, 5) is 15.3. The fourth-order valence-electron chi connectivity index (χ4n) is 4.08. The van der Waals surface area contributed by atoms with Gasteiger partial charge in [-0.3, -0.25) is 9.52 Å². The summed E-state index contributed by atoms with van der Waals surface area (Å²) >= 11 is 0. The van der Waals surface area contributed by atoms with E-state index >= 15 is 0 Å². The van der Waals surface area contributed by atoms with E-state index in [9.17, 15) is 18.3 Å². The number of aromatic nitrogens is 1. The van der Waals surface area contributed by atoms with Gasteiger partial charge in [0.05, 0.1) is 17.7 Å². The zero-order valence-corrected chi connectivity index (χ0v) is 19.9. The number of anilines is 1. The van der Waals surface area contributed by atoms with Crippen LogP contribution in [-0.2, 0) is 21.9 Å². The monoisotopic (exact) mass is 468 g/mol. The van der Waals surface area contributed by atoms with E-state index in [-0.39, 0.29) is 16.9 Å².